The standard InChI is InChI=1S/C11H17O2PS2/c1-5-13-10(12)8-9-11(8,3)7(2)6-14(9,15)16-4/h6,8-9H,5H2,1-4H3/t8-,9+,11+,14?/m0/s1. The van der Waals surface area contributed by atoms with E-state index in [-0.39, 0.29) is 17.3 Å². The van der Waals surface area contributed by atoms with Crippen molar-refractivity contribution in [2.24, 2.45) is 11.3 Å². The zero-order valence-corrected chi connectivity index (χ0v) is 12.5. The molecule has 2 nitrogen and oxygen atoms in total. The quantitative estimate of drug-likeness (QED) is 0.449. The number of rotatable bonds is 3. The molecule has 0 amide bonds. The third-order valence-electron chi connectivity index (χ3n) is 3.90. The highest BCUT2D eigenvalue weighted by Gasteiger charge is 2.78. The molecule has 2 aliphatic rings. The predicted molar refractivity (Wildman–Crippen MR) is 73.6 cm³/mol. The number of carbonyl (C=O) groups is 1. The Bertz CT molecular complexity index is 371. The van der Waals surface area contributed by atoms with E-state index >= 15 is 0 Å². The van der Waals surface area contributed by atoms with Crippen molar-refractivity contribution in [3.05, 3.63) is 11.4 Å². The third-order valence-corrected chi connectivity index (χ3v) is 11.9. The lowest BCUT2D eigenvalue weighted by Gasteiger charge is -2.24. The maximum Gasteiger partial charge on any atom is 0.314 e. The van der Waals surface area contributed by atoms with Crippen molar-refractivity contribution in [3.63, 3.8) is 0 Å². The lowest BCUT2D eigenvalue weighted by Crippen LogP contribution is -2.13. The molecule has 2 rings (SSSR count). The van der Waals surface area contributed by atoms with Crippen LogP contribution in [0.25, 0.3) is 0 Å². The molecule has 5 heteroatoms. The number of ether oxygens (including phenoxy) is 1. The van der Waals surface area contributed by atoms with Gasteiger partial charge in [-0.2, -0.15) is 0 Å². The lowest BCUT2D eigenvalue weighted by atomic mass is 9.98. The number of hydrogen-bond acceptors (Lipinski definition) is 4. The first-order chi connectivity index (χ1) is 7.41. The number of fused-ring (bicyclic) bond motifs is 1. The summed E-state index contributed by atoms with van der Waals surface area (Å²) in [6.45, 7) is 6.58. The molecule has 1 saturated carbocycles. The molecule has 1 aliphatic heterocycles. The molecule has 1 unspecified atom stereocenters. The van der Waals surface area contributed by atoms with E-state index < -0.39 is 5.67 Å². The van der Waals surface area contributed by atoms with Crippen molar-refractivity contribution in [3.8, 4) is 0 Å². The van der Waals surface area contributed by atoms with Crippen LogP contribution in [-0.4, -0.2) is 24.5 Å². The van der Waals surface area contributed by atoms with Crippen LogP contribution in [0.3, 0.4) is 0 Å². The Hall–Kier alpha value is 0.340. The Morgan fingerprint density at radius 2 is 2.38 bits per heavy atom. The lowest BCUT2D eigenvalue weighted by molar-refractivity contribution is -0.145. The highest BCUT2D eigenvalue weighted by molar-refractivity contribution is 8.86. The van der Waals surface area contributed by atoms with Crippen LogP contribution in [0.2, 0.25) is 0 Å². The van der Waals surface area contributed by atoms with E-state index in [9.17, 15) is 4.79 Å². The van der Waals surface area contributed by atoms with E-state index in [1.54, 1.807) is 11.4 Å². The summed E-state index contributed by atoms with van der Waals surface area (Å²) in [6.07, 6.45) is 2.07. The number of hydrogen-bond donors (Lipinski definition) is 0. The Kier molecular flexibility index (Phi) is 3.14. The summed E-state index contributed by atoms with van der Waals surface area (Å²) in [5, 5.41) is 0. The average molecular weight is 276 g/mol. The highest BCUT2D eigenvalue weighted by Crippen LogP contribution is 2.91. The van der Waals surface area contributed by atoms with Gasteiger partial charge in [-0.3, -0.25) is 4.79 Å². The van der Waals surface area contributed by atoms with Crippen molar-refractivity contribution < 1.29 is 9.53 Å². The summed E-state index contributed by atoms with van der Waals surface area (Å²) in [7, 11) is 0. The van der Waals surface area contributed by atoms with Crippen LogP contribution in [0, 0.1) is 11.3 Å². The summed E-state index contributed by atoms with van der Waals surface area (Å²) in [6, 6.07) is 0. The highest BCUT2D eigenvalue weighted by atomic mass is 33.1. The SMILES string of the molecule is CCOC(=O)[C@@H]1[C@@H]2[C@]1(C)C(C)=C[P+]2([S-])SC. The Morgan fingerprint density at radius 1 is 1.75 bits per heavy atom. The molecule has 1 fully saturated rings. The van der Waals surface area contributed by atoms with Crippen LogP contribution in [0.1, 0.15) is 20.8 Å². The molecular formula is C11H17O2PS2. The summed E-state index contributed by atoms with van der Waals surface area (Å²) in [4.78, 5) is 11.9. The zero-order valence-electron chi connectivity index (χ0n) is 10.0. The predicted octanol–water partition coefficient (Wildman–Crippen LogP) is 3.23. The topological polar surface area (TPSA) is 26.3 Å². The van der Waals surface area contributed by atoms with Crippen LogP contribution in [0.4, 0.5) is 0 Å². The summed E-state index contributed by atoms with van der Waals surface area (Å²) in [5.41, 5.74) is 0.119. The molecule has 0 bridgehead atoms. The molecule has 4 atom stereocenters. The molecular weight excluding hydrogens is 259 g/mol. The fourth-order valence-corrected chi connectivity index (χ4v) is 9.99. The van der Waals surface area contributed by atoms with E-state index in [2.05, 4.69) is 25.9 Å². The third kappa shape index (κ3) is 1.49. The minimum Gasteiger partial charge on any atom is -0.539 e. The van der Waals surface area contributed by atoms with Crippen LogP contribution in [0.5, 0.6) is 0 Å². The van der Waals surface area contributed by atoms with Crippen molar-refractivity contribution in [2.45, 2.75) is 26.4 Å². The van der Waals surface area contributed by atoms with Crippen LogP contribution < -0.4 is 0 Å². The minimum atomic E-state index is -1.54. The van der Waals surface area contributed by atoms with Crippen LogP contribution in [-0.2, 0) is 21.8 Å². The fraction of sp³-hybridized carbons (Fsp3) is 0.727. The van der Waals surface area contributed by atoms with E-state index in [1.165, 1.54) is 5.57 Å². The molecule has 1 aliphatic carbocycles. The minimum absolute atomic E-state index is 0.00475. The average Bonchev–Trinajstić information content (AvgIpc) is 2.81. The second-order valence-electron chi connectivity index (χ2n) is 4.60. The molecule has 1 heterocycles. The summed E-state index contributed by atoms with van der Waals surface area (Å²) in [5.74, 6) is 2.23. The normalized spacial score (nSPS) is 44.9. The van der Waals surface area contributed by atoms with Crippen molar-refractivity contribution in [2.75, 3.05) is 12.9 Å². The first-order valence-corrected chi connectivity index (χ1v) is 10.2. The van der Waals surface area contributed by atoms with E-state index in [1.807, 2.05) is 6.92 Å². The van der Waals surface area contributed by atoms with Gasteiger partial charge in [0, 0.05) is 17.5 Å². The Balaban J connectivity index is 2.25. The maximum absolute atomic E-state index is 11.9. The van der Waals surface area contributed by atoms with Gasteiger partial charge in [0.1, 0.15) is 5.92 Å². The van der Waals surface area contributed by atoms with Gasteiger partial charge in [-0.15, -0.1) is 0 Å². The van der Waals surface area contributed by atoms with Gasteiger partial charge in [-0.25, -0.2) is 0 Å². The fourth-order valence-electron chi connectivity index (χ4n) is 2.81. The molecule has 0 N–H and O–H groups in total. The van der Waals surface area contributed by atoms with Gasteiger partial charge in [0.15, 0.2) is 0 Å². The maximum atomic E-state index is 11.9. The Morgan fingerprint density at radius 3 is 2.88 bits per heavy atom. The van der Waals surface area contributed by atoms with E-state index in [0.717, 1.165) is 0 Å². The molecule has 0 spiro atoms. The number of carbonyl (C=O) groups excluding carboxylic acids is 1. The summed E-state index contributed by atoms with van der Waals surface area (Å²) < 4.78 is 5.15. The first-order valence-electron chi connectivity index (χ1n) is 5.43. The molecule has 0 saturated heterocycles. The van der Waals surface area contributed by atoms with Gasteiger partial charge in [0.2, 0.25) is 0 Å². The number of allylic oxidation sites excluding steroid dienone is 1. The van der Waals surface area contributed by atoms with Gasteiger partial charge in [0.25, 0.3) is 0 Å². The molecule has 0 radical (unpaired) electrons. The second kappa shape index (κ2) is 3.93. The molecule has 0 aromatic heterocycles. The van der Waals surface area contributed by atoms with Crippen molar-refractivity contribution >= 4 is 35.3 Å². The van der Waals surface area contributed by atoms with Gasteiger partial charge in [-0.05, 0) is 36.5 Å². The van der Waals surface area contributed by atoms with Gasteiger partial charge >= 0.3 is 5.97 Å². The van der Waals surface area contributed by atoms with Crippen LogP contribution >= 0.6 is 17.0 Å². The molecule has 0 aromatic rings. The van der Waals surface area contributed by atoms with Crippen LogP contribution in [0.15, 0.2) is 11.4 Å². The van der Waals surface area contributed by atoms with Gasteiger partial charge in [0.05, 0.1) is 12.3 Å². The van der Waals surface area contributed by atoms with Crippen molar-refractivity contribution in [1.29, 1.82) is 0 Å². The molecule has 16 heavy (non-hydrogen) atoms. The largest absolute Gasteiger partial charge is 0.539 e. The van der Waals surface area contributed by atoms with E-state index in [4.69, 9.17) is 17.0 Å². The van der Waals surface area contributed by atoms with E-state index in [0.29, 0.717) is 12.3 Å². The number of esters is 1. The molecule has 0 aromatic carbocycles. The smallest absolute Gasteiger partial charge is 0.314 e. The molecule has 90 valence electrons. The zero-order chi connectivity index (χ0) is 12.1. The Labute approximate surface area is 107 Å². The summed E-state index contributed by atoms with van der Waals surface area (Å²) >= 11 is 7.52. The monoisotopic (exact) mass is 276 g/mol. The van der Waals surface area contributed by atoms with Crippen molar-refractivity contribution in [1.82, 2.24) is 0 Å². The first kappa shape index (κ1) is 12.8. The second-order valence-corrected chi connectivity index (χ2v) is 12.5. The van der Waals surface area contributed by atoms with Gasteiger partial charge < -0.3 is 17.0 Å². The van der Waals surface area contributed by atoms with Gasteiger partial charge in [-0.1, -0.05) is 6.92 Å².